The van der Waals surface area contributed by atoms with Crippen LogP contribution in [-0.2, 0) is 0 Å². The van der Waals surface area contributed by atoms with Crippen molar-refractivity contribution in [3.05, 3.63) is 24.3 Å². The lowest BCUT2D eigenvalue weighted by Crippen LogP contribution is -2.39. The van der Waals surface area contributed by atoms with E-state index in [4.69, 9.17) is 0 Å². The van der Waals surface area contributed by atoms with Gasteiger partial charge in [0.05, 0.1) is 6.20 Å². The number of rotatable bonds is 3. The molecular weight excluding hydrogens is 190 g/mol. The Morgan fingerprint density at radius 1 is 1.47 bits per heavy atom. The minimum atomic E-state index is 0.000556. The fraction of sp³-hybridized carbons (Fsp3) is 0.545. The highest BCUT2D eigenvalue weighted by Gasteiger charge is 2.35. The van der Waals surface area contributed by atoms with Crippen molar-refractivity contribution in [2.24, 2.45) is 0 Å². The largest absolute Gasteiger partial charge is 0.332 e. The molecule has 1 aromatic rings. The monoisotopic (exact) mass is 205 g/mol. The van der Waals surface area contributed by atoms with Gasteiger partial charge in [-0.25, -0.2) is 4.98 Å². The Bertz CT molecular complexity index is 344. The summed E-state index contributed by atoms with van der Waals surface area (Å²) in [7, 11) is 0. The van der Waals surface area contributed by atoms with Crippen molar-refractivity contribution in [1.82, 2.24) is 14.9 Å². The number of hydrogen-bond acceptors (Lipinski definition) is 3. The molecule has 1 amide bonds. The standard InChI is InChI=1S/C11H15N3O/c1-8(2)14(9-3-4-9)11(15)10-7-12-5-6-13-10/h5-9H,3-4H2,1-2H3. The summed E-state index contributed by atoms with van der Waals surface area (Å²) >= 11 is 0. The summed E-state index contributed by atoms with van der Waals surface area (Å²) in [5.74, 6) is 0.000556. The normalized spacial score (nSPS) is 15.4. The minimum Gasteiger partial charge on any atom is -0.332 e. The third-order valence-electron chi connectivity index (χ3n) is 2.51. The van der Waals surface area contributed by atoms with E-state index in [9.17, 15) is 4.79 Å². The second-order valence-electron chi connectivity index (χ2n) is 4.13. The zero-order chi connectivity index (χ0) is 10.8. The van der Waals surface area contributed by atoms with Crippen molar-refractivity contribution < 1.29 is 4.79 Å². The summed E-state index contributed by atoms with van der Waals surface area (Å²) in [5.41, 5.74) is 0.443. The van der Waals surface area contributed by atoms with E-state index in [2.05, 4.69) is 9.97 Å². The summed E-state index contributed by atoms with van der Waals surface area (Å²) in [6, 6.07) is 0.645. The SMILES string of the molecule is CC(C)N(C(=O)c1cnccn1)C1CC1. The van der Waals surface area contributed by atoms with E-state index in [0.29, 0.717) is 11.7 Å². The fourth-order valence-corrected chi connectivity index (χ4v) is 1.72. The molecule has 0 N–H and O–H groups in total. The lowest BCUT2D eigenvalue weighted by Gasteiger charge is -2.26. The van der Waals surface area contributed by atoms with Gasteiger partial charge in [-0.15, -0.1) is 0 Å². The average Bonchev–Trinajstić information content (AvgIpc) is 3.03. The Balaban J connectivity index is 2.18. The van der Waals surface area contributed by atoms with Crippen molar-refractivity contribution in [2.75, 3.05) is 0 Å². The molecule has 1 aliphatic rings. The van der Waals surface area contributed by atoms with E-state index < -0.39 is 0 Å². The van der Waals surface area contributed by atoms with Gasteiger partial charge in [0.25, 0.3) is 5.91 Å². The molecule has 2 rings (SSSR count). The highest BCUT2D eigenvalue weighted by molar-refractivity contribution is 5.92. The first-order valence-electron chi connectivity index (χ1n) is 5.29. The molecule has 0 atom stereocenters. The first kappa shape index (κ1) is 10.1. The first-order valence-corrected chi connectivity index (χ1v) is 5.29. The summed E-state index contributed by atoms with van der Waals surface area (Å²) in [4.78, 5) is 22.0. The molecule has 1 heterocycles. The van der Waals surface area contributed by atoms with E-state index in [1.54, 1.807) is 12.4 Å². The van der Waals surface area contributed by atoms with Crippen molar-refractivity contribution in [2.45, 2.75) is 38.8 Å². The van der Waals surface area contributed by atoms with Crippen LogP contribution in [0.25, 0.3) is 0 Å². The molecule has 4 nitrogen and oxygen atoms in total. The Morgan fingerprint density at radius 3 is 2.67 bits per heavy atom. The Labute approximate surface area is 89.3 Å². The van der Waals surface area contributed by atoms with Gasteiger partial charge in [-0.2, -0.15) is 0 Å². The Hall–Kier alpha value is -1.45. The molecular formula is C11H15N3O. The molecule has 0 radical (unpaired) electrons. The van der Waals surface area contributed by atoms with E-state index in [1.165, 1.54) is 6.20 Å². The van der Waals surface area contributed by atoms with E-state index >= 15 is 0 Å². The Morgan fingerprint density at radius 2 is 2.20 bits per heavy atom. The lowest BCUT2D eigenvalue weighted by molar-refractivity contribution is 0.0683. The van der Waals surface area contributed by atoms with Crippen molar-refractivity contribution in [1.29, 1.82) is 0 Å². The highest BCUT2D eigenvalue weighted by Crippen LogP contribution is 2.29. The second-order valence-corrected chi connectivity index (χ2v) is 4.13. The van der Waals surface area contributed by atoms with Crippen LogP contribution in [0.3, 0.4) is 0 Å². The van der Waals surface area contributed by atoms with Crippen molar-refractivity contribution in [3.8, 4) is 0 Å². The molecule has 80 valence electrons. The smallest absolute Gasteiger partial charge is 0.274 e. The minimum absolute atomic E-state index is 0.000556. The number of hydrogen-bond donors (Lipinski definition) is 0. The summed E-state index contributed by atoms with van der Waals surface area (Å²) in [6.07, 6.45) is 6.89. The van der Waals surface area contributed by atoms with Gasteiger partial charge in [-0.1, -0.05) is 0 Å². The zero-order valence-corrected chi connectivity index (χ0v) is 9.05. The van der Waals surface area contributed by atoms with Gasteiger partial charge in [0, 0.05) is 24.5 Å². The quantitative estimate of drug-likeness (QED) is 0.751. The number of aromatic nitrogens is 2. The predicted octanol–water partition coefficient (Wildman–Crippen LogP) is 1.49. The molecule has 0 bridgehead atoms. The third kappa shape index (κ3) is 2.14. The van der Waals surface area contributed by atoms with Crippen LogP contribution in [-0.4, -0.2) is 32.9 Å². The van der Waals surface area contributed by atoms with Crippen LogP contribution in [0.5, 0.6) is 0 Å². The Kier molecular flexibility index (Phi) is 2.66. The average molecular weight is 205 g/mol. The summed E-state index contributed by atoms with van der Waals surface area (Å²) < 4.78 is 0. The van der Waals surface area contributed by atoms with Crippen molar-refractivity contribution >= 4 is 5.91 Å². The number of carbonyl (C=O) groups is 1. The molecule has 1 aliphatic carbocycles. The van der Waals surface area contributed by atoms with Crippen LogP contribution < -0.4 is 0 Å². The molecule has 0 saturated heterocycles. The van der Waals surface area contributed by atoms with Crippen LogP contribution in [0, 0.1) is 0 Å². The van der Waals surface area contributed by atoms with Gasteiger partial charge in [0.2, 0.25) is 0 Å². The second kappa shape index (κ2) is 3.96. The third-order valence-corrected chi connectivity index (χ3v) is 2.51. The maximum absolute atomic E-state index is 12.1. The van der Waals surface area contributed by atoms with Crippen LogP contribution >= 0.6 is 0 Å². The molecule has 0 unspecified atom stereocenters. The molecule has 0 spiro atoms. The molecule has 1 fully saturated rings. The fourth-order valence-electron chi connectivity index (χ4n) is 1.72. The molecule has 0 aromatic carbocycles. The van der Waals surface area contributed by atoms with Gasteiger partial charge >= 0.3 is 0 Å². The highest BCUT2D eigenvalue weighted by atomic mass is 16.2. The molecule has 4 heteroatoms. The van der Waals surface area contributed by atoms with Crippen LogP contribution in [0.15, 0.2) is 18.6 Å². The molecule has 1 aromatic heterocycles. The summed E-state index contributed by atoms with van der Waals surface area (Å²) in [6.45, 7) is 4.07. The number of carbonyl (C=O) groups excluding carboxylic acids is 1. The van der Waals surface area contributed by atoms with Gasteiger partial charge in [0.15, 0.2) is 0 Å². The topological polar surface area (TPSA) is 46.1 Å². The molecule has 15 heavy (non-hydrogen) atoms. The van der Waals surface area contributed by atoms with Gasteiger partial charge < -0.3 is 4.90 Å². The number of amides is 1. The van der Waals surface area contributed by atoms with E-state index in [-0.39, 0.29) is 11.9 Å². The first-order chi connectivity index (χ1) is 7.20. The molecule has 0 aliphatic heterocycles. The van der Waals surface area contributed by atoms with Gasteiger partial charge in [-0.05, 0) is 26.7 Å². The maximum atomic E-state index is 12.1. The van der Waals surface area contributed by atoms with Crippen molar-refractivity contribution in [3.63, 3.8) is 0 Å². The lowest BCUT2D eigenvalue weighted by atomic mass is 10.2. The maximum Gasteiger partial charge on any atom is 0.274 e. The number of nitrogens with zero attached hydrogens (tertiary/aromatic N) is 3. The van der Waals surface area contributed by atoms with E-state index in [0.717, 1.165) is 12.8 Å². The van der Waals surface area contributed by atoms with Gasteiger partial charge in [-0.3, -0.25) is 9.78 Å². The van der Waals surface area contributed by atoms with Gasteiger partial charge in [0.1, 0.15) is 5.69 Å². The predicted molar refractivity (Wildman–Crippen MR) is 56.4 cm³/mol. The van der Waals surface area contributed by atoms with Crippen LogP contribution in [0.2, 0.25) is 0 Å². The van der Waals surface area contributed by atoms with E-state index in [1.807, 2.05) is 18.7 Å². The van der Waals surface area contributed by atoms with Crippen LogP contribution in [0.1, 0.15) is 37.2 Å². The molecule has 1 saturated carbocycles. The van der Waals surface area contributed by atoms with Crippen LogP contribution in [0.4, 0.5) is 0 Å². The summed E-state index contributed by atoms with van der Waals surface area (Å²) in [5, 5.41) is 0. The zero-order valence-electron chi connectivity index (χ0n) is 9.05.